The van der Waals surface area contributed by atoms with Gasteiger partial charge in [0.15, 0.2) is 17.2 Å². The molecule has 2 aromatic rings. The molecular formula is C13H11N3O2. The first-order valence-corrected chi connectivity index (χ1v) is 5.63. The lowest BCUT2D eigenvalue weighted by Crippen LogP contribution is -2.15. The van der Waals surface area contributed by atoms with Crippen molar-refractivity contribution in [2.45, 2.75) is 6.92 Å². The van der Waals surface area contributed by atoms with Gasteiger partial charge in [0.25, 0.3) is 0 Å². The minimum atomic E-state index is 0.384. The molecule has 0 aliphatic carbocycles. The standard InChI is InChI=1S/C13H11N3O2/c1-8-4-11-12(18-3-2-17-11)5-9(8)13-10(6-14)15-7-16-13/h4-5,7H,2-3H2,1H3,(H,15,16). The van der Waals surface area contributed by atoms with Crippen molar-refractivity contribution in [3.63, 3.8) is 0 Å². The fraction of sp³-hybridized carbons (Fsp3) is 0.231. The second-order valence-corrected chi connectivity index (χ2v) is 4.05. The number of ether oxygens (including phenoxy) is 2. The van der Waals surface area contributed by atoms with Gasteiger partial charge in [0.2, 0.25) is 0 Å². The predicted octanol–water partition coefficient (Wildman–Crippen LogP) is 2.03. The van der Waals surface area contributed by atoms with Crippen LogP contribution in [0.4, 0.5) is 0 Å². The van der Waals surface area contributed by atoms with Gasteiger partial charge in [0, 0.05) is 5.56 Å². The van der Waals surface area contributed by atoms with Gasteiger partial charge >= 0.3 is 0 Å². The van der Waals surface area contributed by atoms with E-state index in [4.69, 9.17) is 14.7 Å². The van der Waals surface area contributed by atoms with E-state index < -0.39 is 0 Å². The molecule has 0 atom stereocenters. The van der Waals surface area contributed by atoms with E-state index in [-0.39, 0.29) is 0 Å². The van der Waals surface area contributed by atoms with E-state index in [1.807, 2.05) is 19.1 Å². The Balaban J connectivity index is 2.16. The summed E-state index contributed by atoms with van der Waals surface area (Å²) in [5.74, 6) is 1.46. The van der Waals surface area contributed by atoms with Gasteiger partial charge in [-0.25, -0.2) is 4.98 Å². The smallest absolute Gasteiger partial charge is 0.166 e. The Bertz CT molecular complexity index is 640. The molecule has 1 aliphatic heterocycles. The summed E-state index contributed by atoms with van der Waals surface area (Å²) in [7, 11) is 0. The summed E-state index contributed by atoms with van der Waals surface area (Å²) in [6.07, 6.45) is 1.52. The molecule has 5 nitrogen and oxygen atoms in total. The van der Waals surface area contributed by atoms with Crippen LogP contribution in [-0.2, 0) is 0 Å². The Hall–Kier alpha value is -2.48. The van der Waals surface area contributed by atoms with Crippen LogP contribution in [0.25, 0.3) is 11.3 Å². The monoisotopic (exact) mass is 241 g/mol. The lowest BCUT2D eigenvalue weighted by atomic mass is 10.0. The SMILES string of the molecule is Cc1cc2c(cc1-c1[nH]cnc1C#N)OCCO2. The van der Waals surface area contributed by atoms with Crippen LogP contribution in [0.15, 0.2) is 18.5 Å². The lowest BCUT2D eigenvalue weighted by molar-refractivity contribution is 0.171. The maximum Gasteiger partial charge on any atom is 0.166 e. The van der Waals surface area contributed by atoms with Gasteiger partial charge < -0.3 is 14.5 Å². The van der Waals surface area contributed by atoms with E-state index in [0.29, 0.717) is 30.4 Å². The Morgan fingerprint density at radius 1 is 1.28 bits per heavy atom. The van der Waals surface area contributed by atoms with Gasteiger partial charge in [-0.1, -0.05) is 0 Å². The number of nitrogens with one attached hydrogen (secondary N) is 1. The number of rotatable bonds is 1. The summed E-state index contributed by atoms with van der Waals surface area (Å²) in [4.78, 5) is 6.97. The predicted molar refractivity (Wildman–Crippen MR) is 64.5 cm³/mol. The molecule has 0 saturated carbocycles. The molecule has 2 heterocycles. The minimum Gasteiger partial charge on any atom is -0.486 e. The van der Waals surface area contributed by atoms with E-state index in [1.54, 1.807) is 0 Å². The minimum absolute atomic E-state index is 0.384. The van der Waals surface area contributed by atoms with E-state index in [0.717, 1.165) is 16.9 Å². The Morgan fingerprint density at radius 3 is 2.72 bits per heavy atom. The molecule has 1 N–H and O–H groups in total. The molecule has 1 aromatic heterocycles. The number of imidazole rings is 1. The molecule has 0 radical (unpaired) electrons. The van der Waals surface area contributed by atoms with Crippen LogP contribution in [0.2, 0.25) is 0 Å². The summed E-state index contributed by atoms with van der Waals surface area (Å²) in [6, 6.07) is 5.88. The number of aromatic nitrogens is 2. The molecule has 0 bridgehead atoms. The maximum atomic E-state index is 9.01. The number of benzene rings is 1. The summed E-state index contributed by atoms with van der Waals surface area (Å²) < 4.78 is 11.1. The summed E-state index contributed by atoms with van der Waals surface area (Å²) in [6.45, 7) is 3.08. The zero-order valence-corrected chi connectivity index (χ0v) is 9.86. The van der Waals surface area contributed by atoms with Crippen LogP contribution < -0.4 is 9.47 Å². The number of hydrogen-bond donors (Lipinski definition) is 1. The highest BCUT2D eigenvalue weighted by Crippen LogP contribution is 2.37. The van der Waals surface area contributed by atoms with Crippen LogP contribution in [0, 0.1) is 18.3 Å². The summed E-state index contributed by atoms with van der Waals surface area (Å²) in [5, 5.41) is 9.01. The van der Waals surface area contributed by atoms with Crippen molar-refractivity contribution in [3.8, 4) is 28.8 Å². The second kappa shape index (κ2) is 4.08. The first-order chi connectivity index (χ1) is 8.79. The number of hydrogen-bond acceptors (Lipinski definition) is 4. The quantitative estimate of drug-likeness (QED) is 0.829. The third-order valence-electron chi connectivity index (χ3n) is 2.90. The van der Waals surface area contributed by atoms with Crippen molar-refractivity contribution >= 4 is 0 Å². The Labute approximate surface area is 104 Å². The van der Waals surface area contributed by atoms with Crippen molar-refractivity contribution in [2.24, 2.45) is 0 Å². The molecule has 0 spiro atoms. The van der Waals surface area contributed by atoms with E-state index in [2.05, 4.69) is 16.0 Å². The molecule has 0 amide bonds. The zero-order valence-electron chi connectivity index (χ0n) is 9.86. The first kappa shape index (κ1) is 10.7. The third kappa shape index (κ3) is 1.59. The molecule has 1 aliphatic rings. The lowest BCUT2D eigenvalue weighted by Gasteiger charge is -2.20. The van der Waals surface area contributed by atoms with Crippen LogP contribution >= 0.6 is 0 Å². The van der Waals surface area contributed by atoms with Gasteiger partial charge in [0.05, 0.1) is 12.0 Å². The molecule has 18 heavy (non-hydrogen) atoms. The van der Waals surface area contributed by atoms with Crippen molar-refractivity contribution < 1.29 is 9.47 Å². The fourth-order valence-electron chi connectivity index (χ4n) is 2.04. The number of fused-ring (bicyclic) bond motifs is 1. The van der Waals surface area contributed by atoms with E-state index in [9.17, 15) is 0 Å². The van der Waals surface area contributed by atoms with E-state index in [1.165, 1.54) is 6.33 Å². The molecule has 3 rings (SSSR count). The largest absolute Gasteiger partial charge is 0.486 e. The van der Waals surface area contributed by atoms with E-state index >= 15 is 0 Å². The average Bonchev–Trinajstić information content (AvgIpc) is 2.86. The zero-order chi connectivity index (χ0) is 12.5. The molecule has 1 aromatic carbocycles. The number of nitriles is 1. The first-order valence-electron chi connectivity index (χ1n) is 5.63. The van der Waals surface area contributed by atoms with Crippen molar-refractivity contribution in [1.29, 1.82) is 5.26 Å². The van der Waals surface area contributed by atoms with Crippen LogP contribution in [-0.4, -0.2) is 23.2 Å². The van der Waals surface area contributed by atoms with Crippen molar-refractivity contribution in [1.82, 2.24) is 9.97 Å². The molecule has 0 fully saturated rings. The van der Waals surface area contributed by atoms with Gasteiger partial charge in [-0.05, 0) is 24.6 Å². The van der Waals surface area contributed by atoms with Gasteiger partial charge in [-0.3, -0.25) is 0 Å². The molecular weight excluding hydrogens is 230 g/mol. The fourth-order valence-corrected chi connectivity index (χ4v) is 2.04. The summed E-state index contributed by atoms with van der Waals surface area (Å²) in [5.41, 5.74) is 3.02. The molecule has 0 unspecified atom stereocenters. The van der Waals surface area contributed by atoms with Crippen LogP contribution in [0.3, 0.4) is 0 Å². The molecule has 90 valence electrons. The molecule has 5 heteroatoms. The number of aromatic amines is 1. The maximum absolute atomic E-state index is 9.01. The third-order valence-corrected chi connectivity index (χ3v) is 2.90. The second-order valence-electron chi connectivity index (χ2n) is 4.05. The number of H-pyrrole nitrogens is 1. The summed E-state index contributed by atoms with van der Waals surface area (Å²) >= 11 is 0. The number of aryl methyl sites for hydroxylation is 1. The van der Waals surface area contributed by atoms with Crippen molar-refractivity contribution in [2.75, 3.05) is 13.2 Å². The molecule has 0 saturated heterocycles. The normalized spacial score (nSPS) is 13.1. The average molecular weight is 241 g/mol. The van der Waals surface area contributed by atoms with Crippen LogP contribution in [0.5, 0.6) is 11.5 Å². The van der Waals surface area contributed by atoms with Crippen molar-refractivity contribution in [3.05, 3.63) is 29.7 Å². The Morgan fingerprint density at radius 2 is 2.00 bits per heavy atom. The number of nitrogens with zero attached hydrogens (tertiary/aromatic N) is 2. The van der Waals surface area contributed by atoms with Gasteiger partial charge in [-0.2, -0.15) is 5.26 Å². The van der Waals surface area contributed by atoms with Gasteiger partial charge in [0.1, 0.15) is 19.3 Å². The highest BCUT2D eigenvalue weighted by molar-refractivity contribution is 5.71. The highest BCUT2D eigenvalue weighted by Gasteiger charge is 2.17. The van der Waals surface area contributed by atoms with Crippen LogP contribution in [0.1, 0.15) is 11.3 Å². The Kier molecular flexibility index (Phi) is 2.41. The highest BCUT2D eigenvalue weighted by atomic mass is 16.6. The topological polar surface area (TPSA) is 70.9 Å². The van der Waals surface area contributed by atoms with Gasteiger partial charge in [-0.15, -0.1) is 0 Å².